The molecule has 0 bridgehead atoms. The predicted octanol–water partition coefficient (Wildman–Crippen LogP) is 2.95. The van der Waals surface area contributed by atoms with Crippen molar-refractivity contribution in [1.29, 1.82) is 0 Å². The number of aryl methyl sites for hydroxylation is 2. The molecule has 0 aliphatic rings. The lowest BCUT2D eigenvalue weighted by Crippen LogP contribution is -2.49. The molecule has 122 valence electrons. The number of nitrogens with one attached hydrogen (secondary N) is 1. The molecule has 1 rings (SSSR count). The quantitative estimate of drug-likeness (QED) is 0.801. The van der Waals surface area contributed by atoms with Crippen LogP contribution in [0.15, 0.2) is 6.07 Å². The number of aromatic nitrogens is 2. The average Bonchev–Trinajstić information content (AvgIpc) is 2.75. The molecular weight excluding hydrogens is 262 g/mol. The van der Waals surface area contributed by atoms with Crippen LogP contribution < -0.4 is 5.32 Å². The predicted molar refractivity (Wildman–Crippen MR) is 88.6 cm³/mol. The summed E-state index contributed by atoms with van der Waals surface area (Å²) in [6.07, 6.45) is 2.11. The van der Waals surface area contributed by atoms with Gasteiger partial charge in [-0.05, 0) is 31.4 Å². The van der Waals surface area contributed by atoms with E-state index in [1.165, 1.54) is 5.69 Å². The smallest absolute Gasteiger partial charge is 0.0779 e. The normalized spacial score (nSPS) is 15.2. The summed E-state index contributed by atoms with van der Waals surface area (Å²) in [5.74, 6) is 0. The lowest BCUT2D eigenvalue weighted by molar-refractivity contribution is -0.0355. The summed E-state index contributed by atoms with van der Waals surface area (Å²) >= 11 is 0. The van der Waals surface area contributed by atoms with E-state index in [4.69, 9.17) is 4.74 Å². The molecule has 0 saturated heterocycles. The SMILES string of the molecule is CCNC(Cc1cc(CC)nn1C)C(OCC)C(C)(C)C. The molecular formula is C17H33N3O. The Morgan fingerprint density at radius 2 is 1.95 bits per heavy atom. The van der Waals surface area contributed by atoms with Crippen molar-refractivity contribution in [3.05, 3.63) is 17.5 Å². The Kier molecular flexibility index (Phi) is 6.88. The van der Waals surface area contributed by atoms with Gasteiger partial charge in [-0.2, -0.15) is 5.10 Å². The molecule has 0 aliphatic carbocycles. The molecule has 21 heavy (non-hydrogen) atoms. The van der Waals surface area contributed by atoms with Gasteiger partial charge in [0.05, 0.1) is 11.8 Å². The number of ether oxygens (including phenoxy) is 1. The van der Waals surface area contributed by atoms with Crippen molar-refractivity contribution in [2.75, 3.05) is 13.2 Å². The molecule has 0 aliphatic heterocycles. The second-order valence-electron chi connectivity index (χ2n) is 6.71. The third-order valence-corrected chi connectivity index (χ3v) is 3.85. The number of likely N-dealkylation sites (N-methyl/N-ethyl adjacent to an activating group) is 1. The van der Waals surface area contributed by atoms with E-state index < -0.39 is 0 Å². The number of hydrogen-bond acceptors (Lipinski definition) is 3. The van der Waals surface area contributed by atoms with Crippen molar-refractivity contribution in [3.63, 3.8) is 0 Å². The zero-order valence-corrected chi connectivity index (χ0v) is 14.9. The maximum atomic E-state index is 6.07. The van der Waals surface area contributed by atoms with Gasteiger partial charge in [-0.15, -0.1) is 0 Å². The van der Waals surface area contributed by atoms with Crippen LogP contribution in [0.3, 0.4) is 0 Å². The van der Waals surface area contributed by atoms with Gasteiger partial charge in [0.15, 0.2) is 0 Å². The van der Waals surface area contributed by atoms with E-state index in [0.29, 0.717) is 6.04 Å². The molecule has 0 radical (unpaired) electrons. The molecule has 1 heterocycles. The average molecular weight is 295 g/mol. The van der Waals surface area contributed by atoms with Crippen LogP contribution in [-0.2, 0) is 24.6 Å². The standard InChI is InChI=1S/C17H33N3O/c1-8-13-11-14(20(7)19-13)12-15(18-9-2)16(21-10-3)17(4,5)6/h11,15-16,18H,8-10,12H2,1-7H3. The molecule has 1 N–H and O–H groups in total. The van der Waals surface area contributed by atoms with Gasteiger partial charge in [0.1, 0.15) is 0 Å². The Morgan fingerprint density at radius 3 is 2.38 bits per heavy atom. The van der Waals surface area contributed by atoms with Gasteiger partial charge >= 0.3 is 0 Å². The first kappa shape index (κ1) is 18.2. The Morgan fingerprint density at radius 1 is 1.29 bits per heavy atom. The summed E-state index contributed by atoms with van der Waals surface area (Å²) in [6.45, 7) is 14.8. The van der Waals surface area contributed by atoms with Crippen molar-refractivity contribution in [2.24, 2.45) is 12.5 Å². The van der Waals surface area contributed by atoms with Crippen LogP contribution in [-0.4, -0.2) is 35.1 Å². The second kappa shape index (κ2) is 7.95. The lowest BCUT2D eigenvalue weighted by atomic mass is 9.82. The van der Waals surface area contributed by atoms with Gasteiger partial charge in [0.25, 0.3) is 0 Å². The minimum atomic E-state index is 0.106. The minimum Gasteiger partial charge on any atom is -0.376 e. The van der Waals surface area contributed by atoms with E-state index in [1.54, 1.807) is 0 Å². The maximum absolute atomic E-state index is 6.07. The number of rotatable bonds is 8. The Balaban J connectivity index is 2.95. The first-order valence-electron chi connectivity index (χ1n) is 8.20. The van der Waals surface area contributed by atoms with Crippen molar-refractivity contribution >= 4 is 0 Å². The molecule has 0 fully saturated rings. The summed E-state index contributed by atoms with van der Waals surface area (Å²) in [6, 6.07) is 2.52. The summed E-state index contributed by atoms with van der Waals surface area (Å²) in [7, 11) is 2.03. The van der Waals surface area contributed by atoms with Crippen LogP contribution in [0.2, 0.25) is 0 Å². The van der Waals surface area contributed by atoms with Crippen molar-refractivity contribution in [2.45, 2.75) is 66.5 Å². The molecule has 4 heteroatoms. The topological polar surface area (TPSA) is 39.1 Å². The summed E-state index contributed by atoms with van der Waals surface area (Å²) in [5, 5.41) is 8.17. The highest BCUT2D eigenvalue weighted by molar-refractivity contribution is 5.12. The number of nitrogens with zero attached hydrogens (tertiary/aromatic N) is 2. The summed E-state index contributed by atoms with van der Waals surface area (Å²) < 4.78 is 8.08. The number of hydrogen-bond donors (Lipinski definition) is 1. The van der Waals surface area contributed by atoms with Crippen LogP contribution in [0.5, 0.6) is 0 Å². The first-order chi connectivity index (χ1) is 9.83. The summed E-state index contributed by atoms with van der Waals surface area (Å²) in [5.41, 5.74) is 2.54. The van der Waals surface area contributed by atoms with E-state index >= 15 is 0 Å². The Bertz CT molecular complexity index is 420. The Hall–Kier alpha value is -0.870. The highest BCUT2D eigenvalue weighted by Gasteiger charge is 2.33. The Labute approximate surface area is 130 Å². The van der Waals surface area contributed by atoms with Crippen molar-refractivity contribution in [3.8, 4) is 0 Å². The molecule has 1 aromatic rings. The molecule has 4 nitrogen and oxygen atoms in total. The van der Waals surface area contributed by atoms with Crippen molar-refractivity contribution < 1.29 is 4.74 Å². The molecule has 2 atom stereocenters. The highest BCUT2D eigenvalue weighted by atomic mass is 16.5. The van der Waals surface area contributed by atoms with Gasteiger partial charge in [0, 0.05) is 31.8 Å². The van der Waals surface area contributed by atoms with Gasteiger partial charge in [-0.1, -0.05) is 34.6 Å². The van der Waals surface area contributed by atoms with Crippen LogP contribution >= 0.6 is 0 Å². The maximum Gasteiger partial charge on any atom is 0.0779 e. The largest absolute Gasteiger partial charge is 0.376 e. The third-order valence-electron chi connectivity index (χ3n) is 3.85. The molecule has 1 aromatic heterocycles. The van der Waals surface area contributed by atoms with E-state index in [9.17, 15) is 0 Å². The van der Waals surface area contributed by atoms with Crippen LogP contribution in [0.4, 0.5) is 0 Å². The van der Waals surface area contributed by atoms with Crippen LogP contribution in [0.25, 0.3) is 0 Å². The first-order valence-corrected chi connectivity index (χ1v) is 8.20. The minimum absolute atomic E-state index is 0.106. The van der Waals surface area contributed by atoms with Gasteiger partial charge in [-0.25, -0.2) is 0 Å². The molecule has 0 aromatic carbocycles. The van der Waals surface area contributed by atoms with Gasteiger partial charge < -0.3 is 10.1 Å². The van der Waals surface area contributed by atoms with Crippen molar-refractivity contribution in [1.82, 2.24) is 15.1 Å². The van der Waals surface area contributed by atoms with E-state index in [-0.39, 0.29) is 11.5 Å². The van der Waals surface area contributed by atoms with Crippen LogP contribution in [0, 0.1) is 5.41 Å². The van der Waals surface area contributed by atoms with E-state index in [2.05, 4.69) is 58.0 Å². The molecule has 2 unspecified atom stereocenters. The van der Waals surface area contributed by atoms with E-state index in [1.807, 2.05) is 11.7 Å². The fraction of sp³-hybridized carbons (Fsp3) is 0.824. The van der Waals surface area contributed by atoms with Crippen LogP contribution in [0.1, 0.15) is 52.9 Å². The molecule has 0 amide bonds. The highest BCUT2D eigenvalue weighted by Crippen LogP contribution is 2.27. The monoisotopic (exact) mass is 295 g/mol. The molecule has 0 saturated carbocycles. The van der Waals surface area contributed by atoms with Gasteiger partial charge in [0.2, 0.25) is 0 Å². The van der Waals surface area contributed by atoms with E-state index in [0.717, 1.165) is 31.7 Å². The lowest BCUT2D eigenvalue weighted by Gasteiger charge is -2.37. The second-order valence-corrected chi connectivity index (χ2v) is 6.71. The third kappa shape index (κ3) is 5.11. The fourth-order valence-electron chi connectivity index (χ4n) is 2.86. The zero-order valence-electron chi connectivity index (χ0n) is 14.9. The fourth-order valence-corrected chi connectivity index (χ4v) is 2.86. The molecule has 0 spiro atoms. The van der Waals surface area contributed by atoms with Gasteiger partial charge in [-0.3, -0.25) is 4.68 Å². The zero-order chi connectivity index (χ0) is 16.0. The summed E-state index contributed by atoms with van der Waals surface area (Å²) in [4.78, 5) is 0.